The van der Waals surface area contributed by atoms with Crippen LogP contribution >= 0.6 is 15.9 Å². The Morgan fingerprint density at radius 2 is 2.10 bits per heavy atom. The molecular formula is C15H19BrF3NO. The van der Waals surface area contributed by atoms with Crippen LogP contribution in [-0.2, 0) is 16.2 Å². The van der Waals surface area contributed by atoms with E-state index < -0.39 is 17.3 Å². The summed E-state index contributed by atoms with van der Waals surface area (Å²) in [5, 5.41) is 0.409. The van der Waals surface area contributed by atoms with Crippen LogP contribution in [0.5, 0.6) is 0 Å². The number of hydrogen-bond donors (Lipinski definition) is 0. The molecule has 1 aromatic carbocycles. The third-order valence-corrected chi connectivity index (χ3v) is 4.66. The number of nitrogens with zero attached hydrogens (tertiary/aromatic N) is 1. The maximum absolute atomic E-state index is 13.3. The van der Waals surface area contributed by atoms with E-state index in [0.717, 1.165) is 12.8 Å². The molecule has 118 valence electrons. The fraction of sp³-hybridized carbons (Fsp3) is 0.600. The van der Waals surface area contributed by atoms with Gasteiger partial charge in [-0.25, -0.2) is 0 Å². The van der Waals surface area contributed by atoms with Crippen molar-refractivity contribution in [3.8, 4) is 0 Å². The molecule has 1 fully saturated rings. The van der Waals surface area contributed by atoms with E-state index in [9.17, 15) is 13.2 Å². The van der Waals surface area contributed by atoms with Crippen molar-refractivity contribution < 1.29 is 17.9 Å². The fourth-order valence-corrected chi connectivity index (χ4v) is 3.10. The van der Waals surface area contributed by atoms with E-state index in [0.29, 0.717) is 24.0 Å². The molecule has 2 nitrogen and oxygen atoms in total. The molecule has 1 aromatic rings. The third kappa shape index (κ3) is 3.72. The zero-order valence-corrected chi connectivity index (χ0v) is 13.7. The molecule has 1 atom stereocenters. The predicted octanol–water partition coefficient (Wildman–Crippen LogP) is 4.61. The van der Waals surface area contributed by atoms with Crippen molar-refractivity contribution in [2.75, 3.05) is 25.1 Å². The number of halogens is 4. The average molecular weight is 366 g/mol. The first kappa shape index (κ1) is 16.6. The van der Waals surface area contributed by atoms with Gasteiger partial charge in [0.15, 0.2) is 0 Å². The molecule has 1 aliphatic rings. The van der Waals surface area contributed by atoms with Crippen molar-refractivity contribution in [1.82, 2.24) is 0 Å². The zero-order chi connectivity index (χ0) is 15.7. The van der Waals surface area contributed by atoms with Crippen LogP contribution in [0.25, 0.3) is 0 Å². The number of hydrogen-bond acceptors (Lipinski definition) is 2. The monoisotopic (exact) mass is 365 g/mol. The normalized spacial score (nSPS) is 23.4. The Labute approximate surface area is 131 Å². The summed E-state index contributed by atoms with van der Waals surface area (Å²) in [4.78, 5) is 1.79. The first-order chi connectivity index (χ1) is 9.79. The maximum atomic E-state index is 13.3. The Morgan fingerprint density at radius 3 is 2.67 bits per heavy atom. The molecular weight excluding hydrogens is 347 g/mol. The second kappa shape index (κ2) is 6.16. The summed E-state index contributed by atoms with van der Waals surface area (Å²) in [6.07, 6.45) is -2.67. The zero-order valence-electron chi connectivity index (χ0n) is 12.1. The Hall–Kier alpha value is -0.750. The highest BCUT2D eigenvalue weighted by atomic mass is 79.9. The summed E-state index contributed by atoms with van der Waals surface area (Å²) >= 11 is 3.21. The minimum absolute atomic E-state index is 0.246. The summed E-state index contributed by atoms with van der Waals surface area (Å²) in [5.74, 6) is 0. The van der Waals surface area contributed by atoms with Crippen molar-refractivity contribution in [2.45, 2.75) is 36.9 Å². The highest BCUT2D eigenvalue weighted by molar-refractivity contribution is 9.08. The van der Waals surface area contributed by atoms with Crippen LogP contribution in [0.2, 0.25) is 0 Å². The Morgan fingerprint density at radius 1 is 1.38 bits per heavy atom. The average Bonchev–Trinajstić information content (AvgIpc) is 2.46. The maximum Gasteiger partial charge on any atom is 0.418 e. The highest BCUT2D eigenvalue weighted by Gasteiger charge is 2.38. The standard InChI is InChI=1S/C15H19BrF3NO/c1-14(21-2)6-3-7-20(10-14)13-5-4-11(9-16)8-12(13)15(17,18)19/h4-5,8H,3,6-7,9-10H2,1-2H3. The molecule has 6 heteroatoms. The van der Waals surface area contributed by atoms with Crippen LogP contribution < -0.4 is 4.90 Å². The quantitative estimate of drug-likeness (QED) is 0.725. The van der Waals surface area contributed by atoms with E-state index in [4.69, 9.17) is 4.74 Å². The molecule has 21 heavy (non-hydrogen) atoms. The molecule has 0 amide bonds. The van der Waals surface area contributed by atoms with Crippen molar-refractivity contribution in [3.63, 3.8) is 0 Å². The van der Waals surface area contributed by atoms with Gasteiger partial charge in [0.1, 0.15) is 0 Å². The molecule has 0 spiro atoms. The van der Waals surface area contributed by atoms with Gasteiger partial charge >= 0.3 is 6.18 Å². The van der Waals surface area contributed by atoms with Crippen LogP contribution in [0, 0.1) is 0 Å². The molecule has 0 radical (unpaired) electrons. The lowest BCUT2D eigenvalue weighted by Crippen LogP contribution is -2.48. The number of piperidine rings is 1. The smallest absolute Gasteiger partial charge is 0.377 e. The Bertz CT molecular complexity index is 506. The van der Waals surface area contributed by atoms with Gasteiger partial charge in [-0.1, -0.05) is 22.0 Å². The number of alkyl halides is 4. The number of benzene rings is 1. The van der Waals surface area contributed by atoms with Crippen LogP contribution in [0.3, 0.4) is 0 Å². The first-order valence-electron chi connectivity index (χ1n) is 6.85. The topological polar surface area (TPSA) is 12.5 Å². The van der Waals surface area contributed by atoms with Gasteiger partial charge in [-0.05, 0) is 37.5 Å². The number of rotatable bonds is 3. The van der Waals surface area contributed by atoms with E-state index in [1.165, 1.54) is 6.07 Å². The molecule has 1 saturated heterocycles. The van der Waals surface area contributed by atoms with Gasteiger partial charge in [0.2, 0.25) is 0 Å². The number of methoxy groups -OCH3 is 1. The lowest BCUT2D eigenvalue weighted by molar-refractivity contribution is -0.137. The van der Waals surface area contributed by atoms with E-state index in [2.05, 4.69) is 15.9 Å². The molecule has 0 saturated carbocycles. The fourth-order valence-electron chi connectivity index (χ4n) is 2.75. The third-order valence-electron chi connectivity index (χ3n) is 4.01. The van der Waals surface area contributed by atoms with Gasteiger partial charge in [0.25, 0.3) is 0 Å². The van der Waals surface area contributed by atoms with Crippen LogP contribution in [0.4, 0.5) is 18.9 Å². The molecule has 0 bridgehead atoms. The van der Waals surface area contributed by atoms with E-state index in [1.807, 2.05) is 6.92 Å². The summed E-state index contributed by atoms with van der Waals surface area (Å²) in [7, 11) is 1.61. The molecule has 0 aliphatic carbocycles. The van der Waals surface area contributed by atoms with E-state index in [-0.39, 0.29) is 5.69 Å². The van der Waals surface area contributed by atoms with Crippen LogP contribution in [0.1, 0.15) is 30.9 Å². The molecule has 1 aliphatic heterocycles. The minimum Gasteiger partial charge on any atom is -0.377 e. The Balaban J connectivity index is 2.39. The van der Waals surface area contributed by atoms with Crippen molar-refractivity contribution in [2.24, 2.45) is 0 Å². The van der Waals surface area contributed by atoms with Gasteiger partial charge in [-0.3, -0.25) is 0 Å². The predicted molar refractivity (Wildman–Crippen MR) is 80.9 cm³/mol. The SMILES string of the molecule is COC1(C)CCCN(c2ccc(CBr)cc2C(F)(F)F)C1. The van der Waals surface area contributed by atoms with Gasteiger partial charge in [-0.2, -0.15) is 13.2 Å². The van der Waals surface area contributed by atoms with Gasteiger partial charge in [-0.15, -0.1) is 0 Å². The van der Waals surface area contributed by atoms with Crippen molar-refractivity contribution in [3.05, 3.63) is 29.3 Å². The highest BCUT2D eigenvalue weighted by Crippen LogP contribution is 2.39. The first-order valence-corrected chi connectivity index (χ1v) is 7.97. The van der Waals surface area contributed by atoms with Gasteiger partial charge < -0.3 is 9.64 Å². The Kier molecular flexibility index (Phi) is 4.88. The summed E-state index contributed by atoms with van der Waals surface area (Å²) in [6.45, 7) is 3.04. The largest absolute Gasteiger partial charge is 0.418 e. The summed E-state index contributed by atoms with van der Waals surface area (Å²) < 4.78 is 45.4. The minimum atomic E-state index is -4.35. The molecule has 2 rings (SSSR count). The lowest BCUT2D eigenvalue weighted by Gasteiger charge is -2.41. The van der Waals surface area contributed by atoms with E-state index >= 15 is 0 Å². The molecule has 0 aromatic heterocycles. The van der Waals surface area contributed by atoms with Crippen LogP contribution in [0.15, 0.2) is 18.2 Å². The van der Waals surface area contributed by atoms with Gasteiger partial charge in [0.05, 0.1) is 11.2 Å². The van der Waals surface area contributed by atoms with Gasteiger partial charge in [0, 0.05) is 31.2 Å². The van der Waals surface area contributed by atoms with Crippen LogP contribution in [-0.4, -0.2) is 25.8 Å². The van der Waals surface area contributed by atoms with Crippen molar-refractivity contribution >= 4 is 21.6 Å². The number of ether oxygens (including phenoxy) is 1. The van der Waals surface area contributed by atoms with Crippen molar-refractivity contribution in [1.29, 1.82) is 0 Å². The summed E-state index contributed by atoms with van der Waals surface area (Å²) in [5.41, 5.74) is -0.0950. The summed E-state index contributed by atoms with van der Waals surface area (Å²) in [6, 6.07) is 4.53. The molecule has 0 N–H and O–H groups in total. The molecule has 1 heterocycles. The second-order valence-corrected chi connectivity index (χ2v) is 6.22. The molecule has 1 unspecified atom stereocenters. The van der Waals surface area contributed by atoms with E-state index in [1.54, 1.807) is 24.1 Å². The number of anilines is 1. The second-order valence-electron chi connectivity index (χ2n) is 5.66. The lowest BCUT2D eigenvalue weighted by atomic mass is 9.93.